The van der Waals surface area contributed by atoms with E-state index in [9.17, 15) is 9.59 Å². The molecule has 1 aliphatic rings. The number of hydrogen-bond acceptors (Lipinski definition) is 2. The van der Waals surface area contributed by atoms with Gasteiger partial charge in [0.25, 0.3) is 0 Å². The highest BCUT2D eigenvalue weighted by atomic mass is 16.2. The van der Waals surface area contributed by atoms with Crippen molar-refractivity contribution in [3.05, 3.63) is 36.5 Å². The first kappa shape index (κ1) is 15.6. The highest BCUT2D eigenvalue weighted by Gasteiger charge is 2.29. The summed E-state index contributed by atoms with van der Waals surface area (Å²) in [6.45, 7) is 4.21. The van der Waals surface area contributed by atoms with Crippen molar-refractivity contribution >= 4 is 22.7 Å². The SMILES string of the molecule is C[C@H]1CCN(CC(=O)N(C)CCn2ccc3ccccc32)C1=O. The van der Waals surface area contributed by atoms with Gasteiger partial charge in [-0.3, -0.25) is 9.59 Å². The Hall–Kier alpha value is -2.30. The van der Waals surface area contributed by atoms with Gasteiger partial charge in [-0.1, -0.05) is 25.1 Å². The van der Waals surface area contributed by atoms with Crippen molar-refractivity contribution in [3.63, 3.8) is 0 Å². The predicted octanol–water partition coefficient (Wildman–Crippen LogP) is 1.97. The van der Waals surface area contributed by atoms with Crippen LogP contribution in [0.25, 0.3) is 10.9 Å². The normalized spacial score (nSPS) is 17.9. The molecular formula is C18H23N3O2. The van der Waals surface area contributed by atoms with Crippen molar-refractivity contribution in [1.82, 2.24) is 14.4 Å². The molecule has 0 aliphatic carbocycles. The van der Waals surface area contributed by atoms with Crippen LogP contribution < -0.4 is 0 Å². The monoisotopic (exact) mass is 313 g/mol. The molecule has 0 bridgehead atoms. The summed E-state index contributed by atoms with van der Waals surface area (Å²) in [7, 11) is 1.80. The third-order valence-electron chi connectivity index (χ3n) is 4.67. The zero-order valence-corrected chi connectivity index (χ0v) is 13.7. The van der Waals surface area contributed by atoms with Crippen molar-refractivity contribution in [1.29, 1.82) is 0 Å². The number of carbonyl (C=O) groups excluding carboxylic acids is 2. The first-order valence-corrected chi connectivity index (χ1v) is 8.13. The van der Waals surface area contributed by atoms with Gasteiger partial charge in [0.1, 0.15) is 0 Å². The number of likely N-dealkylation sites (N-methyl/N-ethyl adjacent to an activating group) is 1. The maximum Gasteiger partial charge on any atom is 0.241 e. The summed E-state index contributed by atoms with van der Waals surface area (Å²) in [5.74, 6) is 0.159. The van der Waals surface area contributed by atoms with Crippen LogP contribution in [0.4, 0.5) is 0 Å². The average Bonchev–Trinajstić information content (AvgIpc) is 3.11. The number of carbonyl (C=O) groups is 2. The second-order valence-corrected chi connectivity index (χ2v) is 6.33. The van der Waals surface area contributed by atoms with E-state index in [2.05, 4.69) is 29.0 Å². The van der Waals surface area contributed by atoms with E-state index >= 15 is 0 Å². The van der Waals surface area contributed by atoms with Crippen LogP contribution in [0.15, 0.2) is 36.5 Å². The molecule has 0 spiro atoms. The van der Waals surface area contributed by atoms with Gasteiger partial charge in [0.2, 0.25) is 11.8 Å². The van der Waals surface area contributed by atoms with E-state index in [0.29, 0.717) is 13.1 Å². The molecule has 1 aromatic carbocycles. The van der Waals surface area contributed by atoms with Gasteiger partial charge in [-0.2, -0.15) is 0 Å². The molecule has 1 saturated heterocycles. The molecule has 1 atom stereocenters. The second kappa shape index (κ2) is 6.44. The van der Waals surface area contributed by atoms with E-state index in [4.69, 9.17) is 0 Å². The molecule has 23 heavy (non-hydrogen) atoms. The fourth-order valence-corrected chi connectivity index (χ4v) is 3.05. The molecule has 0 N–H and O–H groups in total. The Morgan fingerprint density at radius 1 is 1.30 bits per heavy atom. The molecule has 2 heterocycles. The van der Waals surface area contributed by atoms with Crippen LogP contribution in [0.5, 0.6) is 0 Å². The van der Waals surface area contributed by atoms with Crippen molar-refractivity contribution in [2.75, 3.05) is 26.7 Å². The Bertz CT molecular complexity index is 722. The van der Waals surface area contributed by atoms with Crippen LogP contribution >= 0.6 is 0 Å². The van der Waals surface area contributed by atoms with Gasteiger partial charge in [0, 0.05) is 44.3 Å². The summed E-state index contributed by atoms with van der Waals surface area (Å²) in [4.78, 5) is 27.6. The molecule has 3 rings (SSSR count). The summed E-state index contributed by atoms with van der Waals surface area (Å²) in [6.07, 6.45) is 2.90. The highest BCUT2D eigenvalue weighted by molar-refractivity contribution is 5.87. The zero-order chi connectivity index (χ0) is 16.4. The van der Waals surface area contributed by atoms with Gasteiger partial charge in [-0.15, -0.1) is 0 Å². The third kappa shape index (κ3) is 3.23. The highest BCUT2D eigenvalue weighted by Crippen LogP contribution is 2.17. The number of para-hydroxylation sites is 1. The Balaban J connectivity index is 1.55. The maximum atomic E-state index is 12.3. The molecule has 122 valence electrons. The lowest BCUT2D eigenvalue weighted by Gasteiger charge is -2.22. The fourth-order valence-electron chi connectivity index (χ4n) is 3.05. The van der Waals surface area contributed by atoms with Crippen LogP contribution in [0.2, 0.25) is 0 Å². The number of amides is 2. The van der Waals surface area contributed by atoms with Gasteiger partial charge in [0.05, 0.1) is 6.54 Å². The van der Waals surface area contributed by atoms with E-state index in [1.54, 1.807) is 16.8 Å². The van der Waals surface area contributed by atoms with Gasteiger partial charge in [0.15, 0.2) is 0 Å². The molecule has 1 aromatic heterocycles. The fraction of sp³-hybridized carbons (Fsp3) is 0.444. The summed E-state index contributed by atoms with van der Waals surface area (Å²) in [5.41, 5.74) is 1.18. The quantitative estimate of drug-likeness (QED) is 0.847. The van der Waals surface area contributed by atoms with Crippen LogP contribution in [0.3, 0.4) is 0 Å². The first-order valence-electron chi connectivity index (χ1n) is 8.13. The first-order chi connectivity index (χ1) is 11.1. The molecule has 2 amide bonds. The second-order valence-electron chi connectivity index (χ2n) is 6.33. The molecule has 5 nitrogen and oxygen atoms in total. The molecule has 1 fully saturated rings. The smallest absolute Gasteiger partial charge is 0.241 e. The van der Waals surface area contributed by atoms with Gasteiger partial charge >= 0.3 is 0 Å². The lowest BCUT2D eigenvalue weighted by molar-refractivity contribution is -0.138. The van der Waals surface area contributed by atoms with E-state index < -0.39 is 0 Å². The number of aromatic nitrogens is 1. The Morgan fingerprint density at radius 3 is 2.83 bits per heavy atom. The summed E-state index contributed by atoms with van der Waals surface area (Å²) in [6, 6.07) is 10.3. The number of likely N-dealkylation sites (tertiary alicyclic amines) is 1. The van der Waals surface area contributed by atoms with E-state index in [0.717, 1.165) is 13.0 Å². The zero-order valence-electron chi connectivity index (χ0n) is 13.7. The number of fused-ring (bicyclic) bond motifs is 1. The summed E-state index contributed by atoms with van der Waals surface area (Å²) < 4.78 is 2.15. The van der Waals surface area contributed by atoms with Crippen molar-refractivity contribution in [3.8, 4) is 0 Å². The molecule has 0 radical (unpaired) electrons. The minimum Gasteiger partial charge on any atom is -0.346 e. The van der Waals surface area contributed by atoms with E-state index in [1.165, 1.54) is 10.9 Å². The number of benzene rings is 1. The maximum absolute atomic E-state index is 12.3. The van der Waals surface area contributed by atoms with Gasteiger partial charge in [-0.05, 0) is 23.9 Å². The number of nitrogens with zero attached hydrogens (tertiary/aromatic N) is 3. The minimum atomic E-state index is 0.00362. The van der Waals surface area contributed by atoms with E-state index in [-0.39, 0.29) is 24.3 Å². The average molecular weight is 313 g/mol. The minimum absolute atomic E-state index is 0.00362. The molecule has 2 aromatic rings. The molecular weight excluding hydrogens is 290 g/mol. The van der Waals surface area contributed by atoms with Crippen molar-refractivity contribution in [2.45, 2.75) is 19.9 Å². The number of hydrogen-bond donors (Lipinski definition) is 0. The van der Waals surface area contributed by atoms with Crippen LogP contribution in [-0.4, -0.2) is 52.9 Å². The van der Waals surface area contributed by atoms with Crippen molar-refractivity contribution < 1.29 is 9.59 Å². The Labute approximate surface area is 136 Å². The van der Waals surface area contributed by atoms with Crippen LogP contribution in [0.1, 0.15) is 13.3 Å². The number of rotatable bonds is 5. The topological polar surface area (TPSA) is 45.6 Å². The van der Waals surface area contributed by atoms with Gasteiger partial charge in [-0.25, -0.2) is 0 Å². The molecule has 0 saturated carbocycles. The summed E-state index contributed by atoms with van der Waals surface area (Å²) in [5, 5.41) is 1.21. The van der Waals surface area contributed by atoms with Crippen LogP contribution in [-0.2, 0) is 16.1 Å². The molecule has 0 unspecified atom stereocenters. The lowest BCUT2D eigenvalue weighted by Crippen LogP contribution is -2.40. The third-order valence-corrected chi connectivity index (χ3v) is 4.67. The van der Waals surface area contributed by atoms with Crippen molar-refractivity contribution in [2.24, 2.45) is 5.92 Å². The Morgan fingerprint density at radius 2 is 2.09 bits per heavy atom. The lowest BCUT2D eigenvalue weighted by atomic mass is 10.1. The molecule has 5 heteroatoms. The molecule has 1 aliphatic heterocycles. The Kier molecular flexibility index (Phi) is 4.37. The standard InChI is InChI=1S/C18H23N3O2/c1-14-7-9-21(18(14)23)13-17(22)19(2)11-12-20-10-8-15-5-3-4-6-16(15)20/h3-6,8,10,14H,7,9,11-13H2,1-2H3/t14-/m0/s1. The summed E-state index contributed by atoms with van der Waals surface area (Å²) >= 11 is 0. The van der Waals surface area contributed by atoms with Gasteiger partial charge < -0.3 is 14.4 Å². The van der Waals surface area contributed by atoms with Crippen LogP contribution in [0, 0.1) is 5.92 Å². The predicted molar refractivity (Wildman–Crippen MR) is 89.9 cm³/mol. The largest absolute Gasteiger partial charge is 0.346 e. The van der Waals surface area contributed by atoms with E-state index in [1.807, 2.05) is 19.1 Å².